The van der Waals surface area contributed by atoms with Gasteiger partial charge in [0.2, 0.25) is 17.7 Å². The summed E-state index contributed by atoms with van der Waals surface area (Å²) >= 11 is 0. The maximum Gasteiger partial charge on any atom is 0.321 e. The third-order valence-corrected chi connectivity index (χ3v) is 5.14. The first-order valence-corrected chi connectivity index (χ1v) is 9.28. The van der Waals surface area contributed by atoms with E-state index in [2.05, 4.69) is 14.7 Å². The Labute approximate surface area is 155 Å². The fourth-order valence-corrected chi connectivity index (χ4v) is 3.48. The Morgan fingerprint density at radius 3 is 2.19 bits per heavy atom. The molecule has 0 saturated carbocycles. The van der Waals surface area contributed by atoms with Crippen LogP contribution < -0.4 is 19.1 Å². The van der Waals surface area contributed by atoms with E-state index < -0.39 is 10.0 Å². The highest BCUT2D eigenvalue weighted by Crippen LogP contribution is 2.25. The maximum atomic E-state index is 12.6. The number of hydrogen-bond donors (Lipinski definition) is 1. The van der Waals surface area contributed by atoms with Crippen LogP contribution in [0.5, 0.6) is 11.9 Å². The molecule has 1 aromatic heterocycles. The van der Waals surface area contributed by atoms with Gasteiger partial charge in [-0.1, -0.05) is 0 Å². The Balaban J connectivity index is 1.85. The van der Waals surface area contributed by atoms with Gasteiger partial charge in [0.1, 0.15) is 0 Å². The zero-order chi connectivity index (χ0) is 19.6. The number of ether oxygens (including phenoxy) is 2. The van der Waals surface area contributed by atoms with Crippen molar-refractivity contribution >= 4 is 33.3 Å². The van der Waals surface area contributed by atoms with Crippen LogP contribution >= 0.6 is 0 Å². The summed E-state index contributed by atoms with van der Waals surface area (Å²) in [6, 6.07) is 6.63. The summed E-state index contributed by atoms with van der Waals surface area (Å²) in [5.41, 5.74) is 0.326. The van der Waals surface area contributed by atoms with E-state index >= 15 is 0 Å². The van der Waals surface area contributed by atoms with E-state index in [1.165, 1.54) is 44.6 Å². The number of carbonyl (C=O) groups excluding carboxylic acids is 2. The number of methoxy groups -OCH3 is 2. The van der Waals surface area contributed by atoms with Crippen molar-refractivity contribution in [1.82, 2.24) is 9.97 Å². The molecule has 1 aliphatic heterocycles. The number of nitrogens with one attached hydrogen (secondary N) is 1. The van der Waals surface area contributed by atoms with E-state index in [0.717, 1.165) is 4.90 Å². The van der Waals surface area contributed by atoms with Gasteiger partial charge in [0, 0.05) is 18.9 Å². The van der Waals surface area contributed by atoms with Gasteiger partial charge in [0.15, 0.2) is 5.82 Å². The molecule has 3 rings (SSSR count). The maximum absolute atomic E-state index is 12.6. The lowest BCUT2D eigenvalue weighted by Crippen LogP contribution is -2.28. The number of imide groups is 1. The molecule has 1 aromatic carbocycles. The molecule has 1 saturated heterocycles. The summed E-state index contributed by atoms with van der Waals surface area (Å²) in [4.78, 5) is 32.3. The van der Waals surface area contributed by atoms with E-state index in [4.69, 9.17) is 9.47 Å². The summed E-state index contributed by atoms with van der Waals surface area (Å²) in [5, 5.41) is 0. The molecule has 0 atom stereocenters. The molecule has 1 N–H and O–H groups in total. The van der Waals surface area contributed by atoms with Gasteiger partial charge in [-0.05, 0) is 24.3 Å². The topological polar surface area (TPSA) is 128 Å². The standard InChI is InChI=1S/C16H16N4O6S/c1-25-13-9-12(17-16(18-13)26-2)19-27(23,24)11-5-3-10(4-6-11)20-14(21)7-8-15(20)22/h3-6,9H,7-8H2,1-2H3,(H,17,18,19). The van der Waals surface area contributed by atoms with E-state index in [9.17, 15) is 18.0 Å². The molecule has 2 aromatic rings. The van der Waals surface area contributed by atoms with Crippen molar-refractivity contribution in [3.8, 4) is 11.9 Å². The van der Waals surface area contributed by atoms with Crippen LogP contribution in [0, 0.1) is 0 Å². The molecule has 1 fully saturated rings. The molecule has 2 amide bonds. The Kier molecular flexibility index (Phi) is 4.95. The van der Waals surface area contributed by atoms with Gasteiger partial charge in [0.25, 0.3) is 10.0 Å². The molecule has 1 aliphatic rings. The smallest absolute Gasteiger partial charge is 0.321 e. The summed E-state index contributed by atoms with van der Waals surface area (Å²) in [7, 11) is -1.26. The van der Waals surface area contributed by atoms with Crippen LogP contribution in [-0.4, -0.2) is 44.4 Å². The molecule has 0 unspecified atom stereocenters. The lowest BCUT2D eigenvalue weighted by molar-refractivity contribution is -0.121. The second-order valence-corrected chi connectivity index (χ2v) is 7.19. The van der Waals surface area contributed by atoms with Gasteiger partial charge < -0.3 is 9.47 Å². The predicted molar refractivity (Wildman–Crippen MR) is 94.1 cm³/mol. The molecule has 0 radical (unpaired) electrons. The number of hydrogen-bond acceptors (Lipinski definition) is 8. The zero-order valence-electron chi connectivity index (χ0n) is 14.5. The van der Waals surface area contributed by atoms with Crippen LogP contribution in [0.4, 0.5) is 11.5 Å². The van der Waals surface area contributed by atoms with Crippen molar-refractivity contribution < 1.29 is 27.5 Å². The largest absolute Gasteiger partial charge is 0.481 e. The van der Waals surface area contributed by atoms with Gasteiger partial charge in [-0.3, -0.25) is 19.2 Å². The van der Waals surface area contributed by atoms with Crippen molar-refractivity contribution in [2.75, 3.05) is 23.8 Å². The number of nitrogens with zero attached hydrogens (tertiary/aromatic N) is 3. The predicted octanol–water partition coefficient (Wildman–Crippen LogP) is 0.948. The van der Waals surface area contributed by atoms with Crippen LogP contribution in [-0.2, 0) is 19.6 Å². The number of rotatable bonds is 6. The van der Waals surface area contributed by atoms with Crippen molar-refractivity contribution in [3.05, 3.63) is 30.3 Å². The number of benzene rings is 1. The summed E-state index contributed by atoms with van der Waals surface area (Å²) in [5.74, 6) is -0.531. The monoisotopic (exact) mass is 392 g/mol. The highest BCUT2D eigenvalue weighted by Gasteiger charge is 2.30. The van der Waals surface area contributed by atoms with Crippen molar-refractivity contribution in [1.29, 1.82) is 0 Å². The number of anilines is 2. The number of aromatic nitrogens is 2. The van der Waals surface area contributed by atoms with Crippen molar-refractivity contribution in [2.45, 2.75) is 17.7 Å². The number of carbonyl (C=O) groups is 2. The normalized spacial score (nSPS) is 14.4. The second-order valence-electron chi connectivity index (χ2n) is 5.50. The van der Waals surface area contributed by atoms with Gasteiger partial charge in [0.05, 0.1) is 24.8 Å². The molecule has 0 aliphatic carbocycles. The molecular formula is C16H16N4O6S. The molecule has 142 valence electrons. The minimum absolute atomic E-state index is 0.0346. The van der Waals surface area contributed by atoms with Gasteiger partial charge in [-0.15, -0.1) is 0 Å². The highest BCUT2D eigenvalue weighted by molar-refractivity contribution is 7.92. The molecule has 0 spiro atoms. The van der Waals surface area contributed by atoms with Crippen LogP contribution in [0.2, 0.25) is 0 Å². The van der Waals surface area contributed by atoms with Crippen molar-refractivity contribution in [3.63, 3.8) is 0 Å². The quantitative estimate of drug-likeness (QED) is 0.720. The molecule has 27 heavy (non-hydrogen) atoms. The van der Waals surface area contributed by atoms with Crippen molar-refractivity contribution in [2.24, 2.45) is 0 Å². The van der Waals surface area contributed by atoms with Gasteiger partial charge in [-0.25, -0.2) is 8.42 Å². The van der Waals surface area contributed by atoms with Gasteiger partial charge >= 0.3 is 6.01 Å². The molecule has 10 nitrogen and oxygen atoms in total. The second kappa shape index (κ2) is 7.19. The lowest BCUT2D eigenvalue weighted by Gasteiger charge is -2.14. The first-order valence-electron chi connectivity index (χ1n) is 7.80. The van der Waals surface area contributed by atoms with E-state index in [1.807, 2.05) is 0 Å². The molecule has 11 heteroatoms. The molecular weight excluding hydrogens is 376 g/mol. The minimum atomic E-state index is -3.97. The Hall–Kier alpha value is -3.21. The molecule has 0 bridgehead atoms. The third-order valence-electron chi connectivity index (χ3n) is 3.77. The van der Waals surface area contributed by atoms with Crippen LogP contribution in [0.15, 0.2) is 35.2 Å². The van der Waals surface area contributed by atoms with E-state index in [-0.39, 0.29) is 47.3 Å². The zero-order valence-corrected chi connectivity index (χ0v) is 15.3. The number of amides is 2. The SMILES string of the molecule is COc1cc(NS(=O)(=O)c2ccc(N3C(=O)CCC3=O)cc2)nc(OC)n1. The van der Waals surface area contributed by atoms with Crippen LogP contribution in [0.3, 0.4) is 0 Å². The van der Waals surface area contributed by atoms with E-state index in [1.54, 1.807) is 0 Å². The Bertz CT molecular complexity index is 952. The minimum Gasteiger partial charge on any atom is -0.481 e. The average molecular weight is 392 g/mol. The lowest BCUT2D eigenvalue weighted by atomic mass is 10.3. The summed E-state index contributed by atoms with van der Waals surface area (Å²) in [6.07, 6.45) is 0.301. The van der Waals surface area contributed by atoms with Crippen LogP contribution in [0.25, 0.3) is 0 Å². The van der Waals surface area contributed by atoms with Crippen LogP contribution in [0.1, 0.15) is 12.8 Å². The average Bonchev–Trinajstić information content (AvgIpc) is 2.99. The first-order chi connectivity index (χ1) is 12.8. The highest BCUT2D eigenvalue weighted by atomic mass is 32.2. The molecule has 2 heterocycles. The first kappa shape index (κ1) is 18.6. The van der Waals surface area contributed by atoms with Gasteiger partial charge in [-0.2, -0.15) is 9.97 Å². The Morgan fingerprint density at radius 2 is 1.63 bits per heavy atom. The summed E-state index contributed by atoms with van der Waals surface area (Å²) < 4.78 is 37.3. The fourth-order valence-electron chi connectivity index (χ4n) is 2.49. The number of sulfonamides is 1. The Morgan fingerprint density at radius 1 is 1.00 bits per heavy atom. The fraction of sp³-hybridized carbons (Fsp3) is 0.250. The summed E-state index contributed by atoms with van der Waals surface area (Å²) in [6.45, 7) is 0. The third kappa shape index (κ3) is 3.82. The van der Waals surface area contributed by atoms with E-state index in [0.29, 0.717) is 5.69 Å².